The Kier molecular flexibility index (Phi) is 4.90. The van der Waals surface area contributed by atoms with Gasteiger partial charge in [-0.05, 0) is 47.9 Å². The van der Waals surface area contributed by atoms with Gasteiger partial charge < -0.3 is 20.9 Å². The van der Waals surface area contributed by atoms with Crippen molar-refractivity contribution in [2.24, 2.45) is 16.1 Å². The van der Waals surface area contributed by atoms with Crippen LogP contribution in [0.5, 0.6) is 0 Å². The van der Waals surface area contributed by atoms with Crippen LogP contribution in [0.3, 0.4) is 0 Å². The van der Waals surface area contributed by atoms with Crippen LogP contribution in [-0.2, 0) is 6.42 Å². The molecule has 2 aromatic heterocycles. The summed E-state index contributed by atoms with van der Waals surface area (Å²) < 4.78 is 0. The zero-order chi connectivity index (χ0) is 24.3. The molecule has 1 spiro atoms. The average molecular weight is 495 g/mol. The van der Waals surface area contributed by atoms with E-state index in [1.165, 1.54) is 22.9 Å². The number of rotatable bonds is 3. The molecular formula is C27H26N8S. The van der Waals surface area contributed by atoms with E-state index in [2.05, 4.69) is 56.0 Å². The summed E-state index contributed by atoms with van der Waals surface area (Å²) in [4.78, 5) is 25.4. The van der Waals surface area contributed by atoms with Gasteiger partial charge in [0.1, 0.15) is 10.7 Å². The molecule has 2 aromatic carbocycles. The quantitative estimate of drug-likeness (QED) is 0.368. The van der Waals surface area contributed by atoms with Crippen molar-refractivity contribution in [2.75, 3.05) is 23.3 Å². The second-order valence-corrected chi connectivity index (χ2v) is 10.9. The van der Waals surface area contributed by atoms with Crippen molar-refractivity contribution in [3.05, 3.63) is 72.1 Å². The number of imidazole rings is 1. The Morgan fingerprint density at radius 3 is 2.81 bits per heavy atom. The molecule has 8 nitrogen and oxygen atoms in total. The van der Waals surface area contributed by atoms with Crippen molar-refractivity contribution in [1.29, 1.82) is 0 Å². The van der Waals surface area contributed by atoms with Gasteiger partial charge in [-0.1, -0.05) is 48.7 Å². The standard InChI is InChI=1S/C27H26N8S/c1-16-14-29-22-19(31-16)7-4-8-20(22)36-21-15-30-24-25(32-21)34-26(33-24)35-11-9-27(10-12-35)13-17-5-2-3-6-18(17)23(27)28/h2-8,14-15,23,31H,1,9-13,28H2,(H,30,32,33,34)/t23-/m1/s1. The first-order valence-corrected chi connectivity index (χ1v) is 13.0. The average Bonchev–Trinajstić information content (AvgIpc) is 3.43. The van der Waals surface area contributed by atoms with Crippen LogP contribution in [0.2, 0.25) is 0 Å². The maximum absolute atomic E-state index is 6.75. The predicted molar refractivity (Wildman–Crippen MR) is 144 cm³/mol. The van der Waals surface area contributed by atoms with E-state index in [4.69, 9.17) is 15.7 Å². The summed E-state index contributed by atoms with van der Waals surface area (Å²) in [6.45, 7) is 5.75. The minimum Gasteiger partial charge on any atom is -0.353 e. The van der Waals surface area contributed by atoms with E-state index < -0.39 is 0 Å². The lowest BCUT2D eigenvalue weighted by Gasteiger charge is -2.42. The van der Waals surface area contributed by atoms with Crippen molar-refractivity contribution in [3.8, 4) is 0 Å². The van der Waals surface area contributed by atoms with Crippen LogP contribution in [0.4, 0.5) is 17.3 Å². The van der Waals surface area contributed by atoms with Crippen molar-refractivity contribution in [2.45, 2.75) is 35.2 Å². The first kappa shape index (κ1) is 21.6. The van der Waals surface area contributed by atoms with Gasteiger partial charge in [-0.3, -0.25) is 4.99 Å². The molecule has 36 heavy (non-hydrogen) atoms. The molecule has 2 aliphatic heterocycles. The highest BCUT2D eigenvalue weighted by Gasteiger charge is 2.46. The number of hydrogen-bond donors (Lipinski definition) is 3. The number of H-pyrrole nitrogens is 1. The molecule has 0 bridgehead atoms. The van der Waals surface area contributed by atoms with Gasteiger partial charge in [0.05, 0.1) is 18.1 Å². The molecule has 1 atom stereocenters. The van der Waals surface area contributed by atoms with Crippen LogP contribution in [0, 0.1) is 5.41 Å². The van der Waals surface area contributed by atoms with Gasteiger partial charge in [-0.15, -0.1) is 0 Å². The molecule has 4 heterocycles. The van der Waals surface area contributed by atoms with E-state index in [-0.39, 0.29) is 11.5 Å². The Morgan fingerprint density at radius 1 is 1.08 bits per heavy atom. The third kappa shape index (κ3) is 3.50. The molecule has 180 valence electrons. The van der Waals surface area contributed by atoms with Crippen LogP contribution in [-0.4, -0.2) is 39.2 Å². The van der Waals surface area contributed by atoms with Crippen molar-refractivity contribution in [3.63, 3.8) is 0 Å². The minimum atomic E-state index is 0.107. The number of aromatic nitrogens is 4. The second kappa shape index (κ2) is 8.18. The van der Waals surface area contributed by atoms with Gasteiger partial charge in [0.25, 0.3) is 0 Å². The first-order chi connectivity index (χ1) is 17.6. The highest BCUT2D eigenvalue weighted by molar-refractivity contribution is 7.99. The van der Waals surface area contributed by atoms with E-state index in [1.54, 1.807) is 12.4 Å². The van der Waals surface area contributed by atoms with Crippen LogP contribution in [0.1, 0.15) is 30.0 Å². The molecule has 0 radical (unpaired) electrons. The van der Waals surface area contributed by atoms with Gasteiger partial charge in [0.15, 0.2) is 11.3 Å². The van der Waals surface area contributed by atoms with Crippen LogP contribution < -0.4 is 16.0 Å². The minimum absolute atomic E-state index is 0.107. The van der Waals surface area contributed by atoms with E-state index in [1.807, 2.05) is 18.2 Å². The summed E-state index contributed by atoms with van der Waals surface area (Å²) in [5.41, 5.74) is 13.6. The number of nitrogens with zero attached hydrogens (tertiary/aromatic N) is 5. The van der Waals surface area contributed by atoms with Gasteiger partial charge in [0.2, 0.25) is 5.95 Å². The molecule has 0 amide bonds. The fourth-order valence-electron chi connectivity index (χ4n) is 5.73. The van der Waals surface area contributed by atoms with Gasteiger partial charge >= 0.3 is 0 Å². The molecule has 7 rings (SSSR count). The zero-order valence-corrected chi connectivity index (χ0v) is 20.6. The fourth-order valence-corrected chi connectivity index (χ4v) is 6.61. The summed E-state index contributed by atoms with van der Waals surface area (Å²) in [7, 11) is 0. The largest absolute Gasteiger partial charge is 0.353 e. The summed E-state index contributed by atoms with van der Waals surface area (Å²) in [5.74, 6) is 0.829. The lowest BCUT2D eigenvalue weighted by Crippen LogP contribution is -2.44. The maximum atomic E-state index is 6.75. The molecule has 3 aliphatic rings. The molecule has 1 fully saturated rings. The molecule has 4 aromatic rings. The van der Waals surface area contributed by atoms with E-state index in [0.29, 0.717) is 11.3 Å². The van der Waals surface area contributed by atoms with Crippen LogP contribution >= 0.6 is 11.8 Å². The lowest BCUT2D eigenvalue weighted by molar-refractivity contribution is 0.187. The molecule has 9 heteroatoms. The number of para-hydroxylation sites is 1. The number of piperidine rings is 1. The lowest BCUT2D eigenvalue weighted by atomic mass is 9.73. The number of anilines is 2. The van der Waals surface area contributed by atoms with Gasteiger partial charge in [-0.2, -0.15) is 4.98 Å². The molecule has 1 saturated heterocycles. The Balaban J connectivity index is 1.09. The summed E-state index contributed by atoms with van der Waals surface area (Å²) in [5, 5.41) is 4.05. The maximum Gasteiger partial charge on any atom is 0.206 e. The normalized spacial score (nSPS) is 20.0. The first-order valence-electron chi connectivity index (χ1n) is 12.2. The Bertz CT molecular complexity index is 1530. The number of aliphatic imine (C=N–C) groups is 1. The third-order valence-electron chi connectivity index (χ3n) is 7.68. The highest BCUT2D eigenvalue weighted by atomic mass is 32.2. The number of benzene rings is 2. The molecule has 0 saturated carbocycles. The third-order valence-corrected chi connectivity index (χ3v) is 8.64. The van der Waals surface area contributed by atoms with Crippen LogP contribution in [0.25, 0.3) is 11.3 Å². The Labute approximate surface area is 213 Å². The number of nitrogens with two attached hydrogens (primary N) is 1. The topological polar surface area (TPSA) is 108 Å². The van der Waals surface area contributed by atoms with E-state index in [0.717, 1.165) is 65.3 Å². The zero-order valence-electron chi connectivity index (χ0n) is 19.7. The van der Waals surface area contributed by atoms with Crippen molar-refractivity contribution in [1.82, 2.24) is 19.9 Å². The fraction of sp³-hybridized carbons (Fsp3) is 0.259. The monoisotopic (exact) mass is 494 g/mol. The number of aromatic amines is 1. The van der Waals surface area contributed by atoms with E-state index in [9.17, 15) is 0 Å². The summed E-state index contributed by atoms with van der Waals surface area (Å²) in [6.07, 6.45) is 6.67. The molecule has 1 aliphatic carbocycles. The smallest absolute Gasteiger partial charge is 0.206 e. The molecule has 0 unspecified atom stereocenters. The second-order valence-electron chi connectivity index (χ2n) is 9.81. The molecule has 4 N–H and O–H groups in total. The van der Waals surface area contributed by atoms with Gasteiger partial charge in [-0.25, -0.2) is 9.97 Å². The predicted octanol–water partition coefficient (Wildman–Crippen LogP) is 4.99. The molecular weight excluding hydrogens is 468 g/mol. The SMILES string of the molecule is C=C1C=Nc2c(cccc2Sc2cnc3nc(N4CCC5(CC4)Cc4ccccc4[C@H]5N)[nH]c3n2)N1. The van der Waals surface area contributed by atoms with E-state index >= 15 is 0 Å². The number of hydrogen-bond acceptors (Lipinski definition) is 8. The Hall–Kier alpha value is -3.69. The summed E-state index contributed by atoms with van der Waals surface area (Å²) in [6, 6.07) is 14.8. The highest BCUT2D eigenvalue weighted by Crippen LogP contribution is 2.51. The Morgan fingerprint density at radius 2 is 1.94 bits per heavy atom. The summed E-state index contributed by atoms with van der Waals surface area (Å²) >= 11 is 1.54. The van der Waals surface area contributed by atoms with Crippen molar-refractivity contribution < 1.29 is 0 Å². The number of nitrogens with one attached hydrogen (secondary N) is 2. The van der Waals surface area contributed by atoms with Crippen molar-refractivity contribution >= 4 is 46.6 Å². The number of allylic oxidation sites excluding steroid dienone is 1. The number of fused-ring (bicyclic) bond motifs is 3. The van der Waals surface area contributed by atoms with Crippen LogP contribution in [0.15, 0.2) is 75.9 Å². The van der Waals surface area contributed by atoms with Gasteiger partial charge in [0, 0.05) is 29.7 Å².